The fourth-order valence-electron chi connectivity index (χ4n) is 2.32. The van der Waals surface area contributed by atoms with E-state index in [4.69, 9.17) is 0 Å². The minimum Gasteiger partial charge on any atom is -0.326 e. The first-order chi connectivity index (χ1) is 14.9. The van der Waals surface area contributed by atoms with E-state index in [1.165, 1.54) is 40.3 Å². The zero-order valence-corrected chi connectivity index (χ0v) is 19.8. The lowest BCUT2D eigenvalue weighted by molar-refractivity contribution is 0.205. The van der Waals surface area contributed by atoms with E-state index in [1.54, 1.807) is 64.5 Å². The van der Waals surface area contributed by atoms with Gasteiger partial charge in [0.05, 0.1) is 0 Å². The maximum absolute atomic E-state index is 10.8. The fourth-order valence-corrected chi connectivity index (χ4v) is 2.32. The molecule has 0 atom stereocenters. The summed E-state index contributed by atoms with van der Waals surface area (Å²) in [6.07, 6.45) is 6.40. The van der Waals surface area contributed by atoms with Crippen LogP contribution in [0.25, 0.3) is 0 Å². The summed E-state index contributed by atoms with van der Waals surface area (Å²) in [7, 11) is 13.6. The molecule has 0 unspecified atom stereocenters. The Morgan fingerprint density at radius 2 is 0.906 bits per heavy atom. The predicted molar refractivity (Wildman–Crippen MR) is 118 cm³/mol. The van der Waals surface area contributed by atoms with Crippen molar-refractivity contribution in [2.75, 3.05) is 27.2 Å². The van der Waals surface area contributed by atoms with Crippen molar-refractivity contribution in [3.8, 4) is 0 Å². The number of nitrogens with zero attached hydrogens (tertiary/aromatic N) is 10. The van der Waals surface area contributed by atoms with Gasteiger partial charge in [0, 0.05) is 81.9 Å². The van der Waals surface area contributed by atoms with Crippen LogP contribution in [0.5, 0.6) is 0 Å². The lowest BCUT2D eigenvalue weighted by Gasteiger charge is -2.07. The largest absolute Gasteiger partial charge is 0.345 e. The second-order valence-electron chi connectivity index (χ2n) is 7.22. The van der Waals surface area contributed by atoms with E-state index < -0.39 is 0 Å². The maximum atomic E-state index is 10.8. The van der Waals surface area contributed by atoms with Crippen LogP contribution in [0, 0.1) is 0 Å². The van der Waals surface area contributed by atoms with Crippen LogP contribution in [0.2, 0.25) is 0 Å². The molecule has 2 amide bonds. The van der Waals surface area contributed by atoms with Crippen LogP contribution in [0.3, 0.4) is 0 Å². The van der Waals surface area contributed by atoms with E-state index >= 15 is 0 Å². The van der Waals surface area contributed by atoms with Crippen molar-refractivity contribution in [2.24, 2.45) is 42.3 Å². The smallest absolute Gasteiger partial charge is 0.326 e. The number of imidazole rings is 1. The molecule has 3 aromatic heterocycles. The van der Waals surface area contributed by atoms with E-state index in [9.17, 15) is 19.2 Å². The van der Waals surface area contributed by atoms with Gasteiger partial charge in [-0.05, 0) is 0 Å². The third-order valence-electron chi connectivity index (χ3n) is 4.49. The molecular formula is C18H32N10O4. The van der Waals surface area contributed by atoms with Gasteiger partial charge in [-0.25, -0.2) is 28.5 Å². The quantitative estimate of drug-likeness (QED) is 0.386. The first kappa shape index (κ1) is 26.2. The molecule has 1 saturated heterocycles. The Kier molecular flexibility index (Phi) is 9.43. The van der Waals surface area contributed by atoms with Gasteiger partial charge in [0.1, 0.15) is 12.7 Å². The Morgan fingerprint density at radius 3 is 1.00 bits per heavy atom. The number of hydrogen-bond acceptors (Lipinski definition) is 6. The van der Waals surface area contributed by atoms with Crippen molar-refractivity contribution in [1.82, 2.24) is 47.6 Å². The number of amides is 2. The van der Waals surface area contributed by atoms with Crippen molar-refractivity contribution in [2.45, 2.75) is 0 Å². The monoisotopic (exact) mass is 452 g/mol. The van der Waals surface area contributed by atoms with Crippen molar-refractivity contribution in [3.63, 3.8) is 0 Å². The predicted octanol–water partition coefficient (Wildman–Crippen LogP) is -2.05. The van der Waals surface area contributed by atoms with Gasteiger partial charge in [-0.15, -0.1) is 0 Å². The number of carbonyl (C=O) groups is 1. The van der Waals surface area contributed by atoms with Gasteiger partial charge in [0.2, 0.25) is 0 Å². The number of likely N-dealkylation sites (N-methyl/N-ethyl adjacent to an activating group) is 2. The number of aromatic nitrogens is 8. The first-order valence-electron chi connectivity index (χ1n) is 9.60. The van der Waals surface area contributed by atoms with Crippen LogP contribution in [-0.2, 0) is 42.3 Å². The van der Waals surface area contributed by atoms with E-state index in [0.29, 0.717) is 0 Å². The van der Waals surface area contributed by atoms with Crippen LogP contribution < -0.4 is 17.1 Å². The molecule has 4 rings (SSSR count). The van der Waals surface area contributed by atoms with E-state index in [-0.39, 0.29) is 23.1 Å². The number of aryl methyl sites for hydroxylation is 6. The van der Waals surface area contributed by atoms with Crippen molar-refractivity contribution < 1.29 is 4.79 Å². The Bertz CT molecular complexity index is 972. The summed E-state index contributed by atoms with van der Waals surface area (Å²) >= 11 is 0. The lowest BCUT2D eigenvalue weighted by Crippen LogP contribution is -2.25. The standard InChI is InChI=1S/C5H10N2O.C5H8N2O.2C4H7N3O/c2*1-6-3-4-7(2)5(6)8;2*1-6-3-5-7(2)4(6)8/h3-4H2,1-2H3;3-4H,1-2H3;2*3H,1-2H3. The van der Waals surface area contributed by atoms with Crippen molar-refractivity contribution in [3.05, 3.63) is 56.5 Å². The Balaban J connectivity index is 0.000000213. The highest BCUT2D eigenvalue weighted by Crippen LogP contribution is 2.00. The van der Waals surface area contributed by atoms with Crippen LogP contribution in [-0.4, -0.2) is 80.8 Å². The number of rotatable bonds is 0. The molecule has 3 aromatic rings. The Labute approximate surface area is 185 Å². The maximum Gasteiger partial charge on any atom is 0.345 e. The number of hydrogen-bond donors (Lipinski definition) is 0. The summed E-state index contributed by atoms with van der Waals surface area (Å²) in [6.45, 7) is 1.74. The molecule has 0 saturated carbocycles. The SMILES string of the molecule is CN1CCN(C)C1=O.Cn1ccn(C)c1=O.Cn1cnn(C)c1=O.Cn1cnn(C)c1=O. The normalized spacial score (nSPS) is 12.4. The summed E-state index contributed by atoms with van der Waals surface area (Å²) in [5.41, 5.74) is -0.167. The molecule has 0 aliphatic carbocycles. The molecule has 1 aliphatic rings. The van der Waals surface area contributed by atoms with E-state index in [0.717, 1.165) is 13.1 Å². The van der Waals surface area contributed by atoms with Crippen LogP contribution >= 0.6 is 0 Å². The van der Waals surface area contributed by atoms with Gasteiger partial charge in [0.25, 0.3) is 0 Å². The molecule has 0 radical (unpaired) electrons. The minimum absolute atomic E-state index is 0.0185. The highest BCUT2D eigenvalue weighted by molar-refractivity contribution is 5.75. The molecule has 0 N–H and O–H groups in total. The fraction of sp³-hybridized carbons (Fsp3) is 0.556. The van der Waals surface area contributed by atoms with Gasteiger partial charge < -0.3 is 18.9 Å². The Morgan fingerprint density at radius 1 is 0.562 bits per heavy atom. The van der Waals surface area contributed by atoms with Crippen molar-refractivity contribution >= 4 is 6.03 Å². The molecule has 14 nitrogen and oxygen atoms in total. The summed E-state index contributed by atoms with van der Waals surface area (Å²) < 4.78 is 8.44. The van der Waals surface area contributed by atoms with Crippen molar-refractivity contribution in [1.29, 1.82) is 0 Å². The van der Waals surface area contributed by atoms with Gasteiger partial charge >= 0.3 is 23.1 Å². The lowest BCUT2D eigenvalue weighted by atomic mass is 10.6. The highest BCUT2D eigenvalue weighted by Gasteiger charge is 2.20. The van der Waals surface area contributed by atoms with Gasteiger partial charge in [-0.2, -0.15) is 10.2 Å². The zero-order valence-electron chi connectivity index (χ0n) is 19.8. The van der Waals surface area contributed by atoms with Crippen LogP contribution in [0.15, 0.2) is 39.4 Å². The molecule has 1 aliphatic heterocycles. The summed E-state index contributed by atoms with van der Waals surface area (Å²) in [5, 5.41) is 7.37. The summed E-state index contributed by atoms with van der Waals surface area (Å²) in [5.74, 6) is 0. The topological polar surface area (TPSA) is 130 Å². The average molecular weight is 453 g/mol. The molecule has 0 aromatic carbocycles. The molecular weight excluding hydrogens is 420 g/mol. The summed E-state index contributed by atoms with van der Waals surface area (Å²) in [6, 6.07) is 0.130. The molecule has 14 heteroatoms. The van der Waals surface area contributed by atoms with E-state index in [2.05, 4.69) is 10.2 Å². The molecule has 0 spiro atoms. The third-order valence-corrected chi connectivity index (χ3v) is 4.49. The third kappa shape index (κ3) is 7.14. The van der Waals surface area contributed by atoms with Gasteiger partial charge in [-0.3, -0.25) is 9.13 Å². The molecule has 1 fully saturated rings. The molecule has 0 bridgehead atoms. The zero-order chi connectivity index (χ0) is 24.6. The van der Waals surface area contributed by atoms with Crippen LogP contribution in [0.4, 0.5) is 4.79 Å². The molecule has 4 heterocycles. The number of urea groups is 1. The first-order valence-corrected chi connectivity index (χ1v) is 9.60. The molecule has 32 heavy (non-hydrogen) atoms. The van der Waals surface area contributed by atoms with Gasteiger partial charge in [-0.1, -0.05) is 0 Å². The van der Waals surface area contributed by atoms with E-state index in [1.807, 2.05) is 14.1 Å². The van der Waals surface area contributed by atoms with Gasteiger partial charge in [0.15, 0.2) is 0 Å². The Hall–Kier alpha value is -3.84. The number of carbonyl (C=O) groups excluding carboxylic acids is 1. The average Bonchev–Trinajstić information content (AvgIpc) is 3.44. The molecule has 178 valence electrons. The highest BCUT2D eigenvalue weighted by atomic mass is 16.2. The van der Waals surface area contributed by atoms with Crippen LogP contribution in [0.1, 0.15) is 0 Å². The second-order valence-corrected chi connectivity index (χ2v) is 7.22. The summed E-state index contributed by atoms with van der Waals surface area (Å²) in [4.78, 5) is 46.1. The minimum atomic E-state index is -0.0926. The second kappa shape index (κ2) is 11.5.